The van der Waals surface area contributed by atoms with E-state index in [-0.39, 0.29) is 17.0 Å². The molecule has 0 bridgehead atoms. The van der Waals surface area contributed by atoms with Crippen molar-refractivity contribution in [2.45, 2.75) is 26.3 Å². The lowest BCUT2D eigenvalue weighted by atomic mass is 10.00. The van der Waals surface area contributed by atoms with Crippen molar-refractivity contribution in [1.82, 2.24) is 0 Å². The zero-order valence-electron chi connectivity index (χ0n) is 17.4. The van der Waals surface area contributed by atoms with E-state index in [0.717, 1.165) is 15.9 Å². The number of nitrogens with zero attached hydrogens (tertiary/aromatic N) is 1. The third kappa shape index (κ3) is 4.17. The molecule has 0 aromatic heterocycles. The highest BCUT2D eigenvalue weighted by atomic mass is 31.2. The Morgan fingerprint density at radius 3 is 1.50 bits per heavy atom. The molecule has 0 spiro atoms. The van der Waals surface area contributed by atoms with Crippen LogP contribution in [0.2, 0.25) is 0 Å². The Kier molecular flexibility index (Phi) is 7.06. The number of hydrogen-bond donors (Lipinski definition) is 1. The molecule has 3 aromatic rings. The van der Waals surface area contributed by atoms with Gasteiger partial charge in [-0.2, -0.15) is 5.26 Å². The molecule has 0 saturated heterocycles. The first-order valence-electron chi connectivity index (χ1n) is 10.1. The summed E-state index contributed by atoms with van der Waals surface area (Å²) < 4.78 is 0. The minimum absolute atomic E-state index is 0.254. The summed E-state index contributed by atoms with van der Waals surface area (Å²) in [5.74, 6) is 0.0119. The van der Waals surface area contributed by atoms with Crippen LogP contribution in [0.5, 0.6) is 0 Å². The fourth-order valence-corrected chi connectivity index (χ4v) is 8.05. The molecule has 0 fully saturated rings. The molecule has 0 heterocycles. The quantitative estimate of drug-likeness (QED) is 0.601. The summed E-state index contributed by atoms with van der Waals surface area (Å²) in [7, 11) is 0. The summed E-state index contributed by atoms with van der Waals surface area (Å²) >= 11 is 0. The zero-order chi connectivity index (χ0) is 21.6. The third-order valence-electron chi connectivity index (χ3n) is 5.17. The molecule has 3 aromatic carbocycles. The lowest BCUT2D eigenvalue weighted by Gasteiger charge is -2.30. The number of carbonyl (C=O) groups is 1. The molecule has 0 amide bonds. The van der Waals surface area contributed by atoms with Gasteiger partial charge in [-0.15, -0.1) is 0 Å². The van der Waals surface area contributed by atoms with E-state index in [0.29, 0.717) is 6.42 Å². The van der Waals surface area contributed by atoms with Crippen LogP contribution in [0.25, 0.3) is 0 Å². The Morgan fingerprint density at radius 1 is 0.833 bits per heavy atom. The van der Waals surface area contributed by atoms with Crippen molar-refractivity contribution < 1.29 is 4.79 Å². The number of carbonyl (C=O) groups excluding carboxylic acids is 1. The number of ketones is 1. The summed E-state index contributed by atoms with van der Waals surface area (Å²) in [6, 6.07) is 31.4. The molecular formula is C26H27N2OP. The maximum absolute atomic E-state index is 13.6. The van der Waals surface area contributed by atoms with Crippen molar-refractivity contribution in [3.63, 3.8) is 0 Å². The largest absolute Gasteiger partial charge is 0.321 e. The molecule has 3 nitrogen and oxygen atoms in total. The average Bonchev–Trinajstić information content (AvgIpc) is 2.78. The number of nitriles is 1. The van der Waals surface area contributed by atoms with Gasteiger partial charge in [0.25, 0.3) is 0 Å². The van der Waals surface area contributed by atoms with E-state index in [4.69, 9.17) is 5.73 Å². The predicted molar refractivity (Wildman–Crippen MR) is 128 cm³/mol. The molecule has 0 saturated carbocycles. The predicted octanol–water partition coefficient (Wildman–Crippen LogP) is 3.62. The van der Waals surface area contributed by atoms with E-state index in [1.54, 1.807) is 0 Å². The van der Waals surface area contributed by atoms with Crippen molar-refractivity contribution in [2.24, 2.45) is 11.7 Å². The summed E-state index contributed by atoms with van der Waals surface area (Å²) in [5, 5.41) is 13.6. The third-order valence-corrected chi connectivity index (χ3v) is 9.38. The van der Waals surface area contributed by atoms with Gasteiger partial charge in [0.1, 0.15) is 11.4 Å². The Labute approximate surface area is 179 Å². The van der Waals surface area contributed by atoms with E-state index in [1.807, 2.05) is 105 Å². The standard InChI is InChI=1S/C26H27N2OP/c1-20(2)18-24(28)26(29)25(19-27)30(21-12-6-3-7-13-21,22-14-8-4-9-15-22)23-16-10-5-11-17-23/h3-17,20,24H,18,28H2,1-2H3/t24-/m0/s1. The number of Topliss-reactive ketones (excluding diaryl/α,β-unsaturated/α-hetero) is 1. The van der Waals surface area contributed by atoms with Gasteiger partial charge >= 0.3 is 0 Å². The van der Waals surface area contributed by atoms with Crippen LogP contribution in [0, 0.1) is 17.2 Å². The first kappa shape index (κ1) is 21.8. The zero-order valence-corrected chi connectivity index (χ0v) is 18.3. The average molecular weight is 414 g/mol. The fourth-order valence-electron chi connectivity index (χ4n) is 3.88. The first-order chi connectivity index (χ1) is 14.5. The topological polar surface area (TPSA) is 66.9 Å². The Bertz CT molecular complexity index is 981. The second kappa shape index (κ2) is 9.72. The van der Waals surface area contributed by atoms with Crippen molar-refractivity contribution in [1.29, 1.82) is 5.26 Å². The van der Waals surface area contributed by atoms with E-state index in [9.17, 15) is 10.1 Å². The van der Waals surface area contributed by atoms with Crippen molar-refractivity contribution in [2.75, 3.05) is 0 Å². The van der Waals surface area contributed by atoms with E-state index < -0.39 is 12.9 Å². The van der Waals surface area contributed by atoms with Gasteiger partial charge in [0.15, 0.2) is 5.78 Å². The van der Waals surface area contributed by atoms with Gasteiger partial charge in [0.05, 0.1) is 6.04 Å². The number of hydrogen-bond acceptors (Lipinski definition) is 3. The van der Waals surface area contributed by atoms with Crippen LogP contribution >= 0.6 is 6.89 Å². The van der Waals surface area contributed by atoms with Crippen LogP contribution in [0.3, 0.4) is 0 Å². The van der Waals surface area contributed by atoms with Crippen molar-refractivity contribution in [3.05, 3.63) is 91.0 Å². The molecule has 30 heavy (non-hydrogen) atoms. The van der Waals surface area contributed by atoms with E-state index in [2.05, 4.69) is 6.07 Å². The summed E-state index contributed by atoms with van der Waals surface area (Å²) in [4.78, 5) is 13.6. The summed E-state index contributed by atoms with van der Waals surface area (Å²) in [5.41, 5.74) is 6.32. The van der Waals surface area contributed by atoms with Crippen LogP contribution in [-0.2, 0) is 4.79 Å². The van der Waals surface area contributed by atoms with Crippen molar-refractivity contribution in [3.8, 4) is 6.07 Å². The highest BCUT2D eigenvalue weighted by molar-refractivity contribution is 7.97. The molecule has 0 aliphatic heterocycles. The van der Waals surface area contributed by atoms with E-state index >= 15 is 0 Å². The molecule has 2 N–H and O–H groups in total. The number of nitrogens with two attached hydrogens (primary N) is 1. The molecular weight excluding hydrogens is 387 g/mol. The minimum atomic E-state index is -2.69. The lowest BCUT2D eigenvalue weighted by molar-refractivity contribution is -0.114. The Balaban J connectivity index is 2.49. The Hall–Kier alpha value is -2.92. The monoisotopic (exact) mass is 414 g/mol. The van der Waals surface area contributed by atoms with Gasteiger partial charge in [-0.3, -0.25) is 4.79 Å². The maximum atomic E-state index is 13.6. The smallest absolute Gasteiger partial charge is 0.191 e. The second-order valence-corrected chi connectivity index (χ2v) is 11.1. The van der Waals surface area contributed by atoms with Crippen molar-refractivity contribution >= 4 is 33.9 Å². The van der Waals surface area contributed by atoms with E-state index in [1.165, 1.54) is 0 Å². The normalized spacial score (nSPS) is 12.2. The summed E-state index contributed by atoms with van der Waals surface area (Å²) in [6.07, 6.45) is 0.544. The minimum Gasteiger partial charge on any atom is -0.321 e. The second-order valence-electron chi connectivity index (χ2n) is 7.74. The molecule has 1 atom stereocenters. The number of rotatable bonds is 7. The SMILES string of the molecule is CC(C)C[C@H](N)C(=O)C(C#N)=P(c1ccccc1)(c1ccccc1)c1ccccc1. The molecule has 0 aliphatic rings. The molecule has 4 heteroatoms. The molecule has 0 unspecified atom stereocenters. The first-order valence-corrected chi connectivity index (χ1v) is 11.9. The highest BCUT2D eigenvalue weighted by Gasteiger charge is 2.35. The van der Waals surface area contributed by atoms with Crippen LogP contribution < -0.4 is 21.6 Å². The molecule has 0 radical (unpaired) electrons. The van der Waals surface area contributed by atoms with Crippen LogP contribution in [0.4, 0.5) is 0 Å². The van der Waals surface area contributed by atoms with Crippen LogP contribution in [0.1, 0.15) is 20.3 Å². The van der Waals surface area contributed by atoms with Crippen LogP contribution in [0.15, 0.2) is 91.0 Å². The lowest BCUT2D eigenvalue weighted by Crippen LogP contribution is -2.41. The molecule has 3 rings (SSSR count). The van der Waals surface area contributed by atoms with Crippen LogP contribution in [-0.4, -0.2) is 17.1 Å². The molecule has 152 valence electrons. The van der Waals surface area contributed by atoms with Gasteiger partial charge in [-0.05, 0) is 35.1 Å². The summed E-state index contributed by atoms with van der Waals surface area (Å²) in [6.45, 7) is 1.38. The van der Waals surface area contributed by atoms with Gasteiger partial charge in [-0.25, -0.2) is 0 Å². The van der Waals surface area contributed by atoms with Gasteiger partial charge in [0, 0.05) is 0 Å². The highest BCUT2D eigenvalue weighted by Crippen LogP contribution is 2.46. The van der Waals surface area contributed by atoms with Gasteiger partial charge in [0.2, 0.25) is 0 Å². The number of benzene rings is 3. The van der Waals surface area contributed by atoms with Gasteiger partial charge < -0.3 is 5.73 Å². The molecule has 0 aliphatic carbocycles. The van der Waals surface area contributed by atoms with Gasteiger partial charge in [-0.1, -0.05) is 105 Å². The maximum Gasteiger partial charge on any atom is 0.191 e. The Morgan fingerprint density at radius 2 is 1.20 bits per heavy atom. The fraction of sp³-hybridized carbons (Fsp3) is 0.192.